The number of nitrogens with one attached hydrogen (secondary N) is 1. The van der Waals surface area contributed by atoms with Crippen LogP contribution in [0.25, 0.3) is 0 Å². The highest BCUT2D eigenvalue weighted by Crippen LogP contribution is 2.54. The lowest BCUT2D eigenvalue weighted by atomic mass is 9.95. The monoisotopic (exact) mass is 260 g/mol. The molecule has 3 aliphatic rings. The smallest absolute Gasteiger partial charge is 0.155 e. The lowest BCUT2D eigenvalue weighted by molar-refractivity contribution is 0.172. The maximum absolute atomic E-state index is 4.53. The van der Waals surface area contributed by atoms with Crippen molar-refractivity contribution >= 4 is 0 Å². The molecule has 2 heterocycles. The van der Waals surface area contributed by atoms with Crippen LogP contribution in [0, 0.1) is 24.7 Å². The van der Waals surface area contributed by atoms with E-state index in [0.717, 1.165) is 29.4 Å². The number of nitrogens with zero attached hydrogens (tertiary/aromatic N) is 3. The van der Waals surface area contributed by atoms with E-state index in [1.165, 1.54) is 51.7 Å². The molecule has 1 N–H and O–H groups in total. The summed E-state index contributed by atoms with van der Waals surface area (Å²) in [6.45, 7) is 5.77. The summed E-state index contributed by atoms with van der Waals surface area (Å²) >= 11 is 0. The molecule has 1 aliphatic heterocycles. The van der Waals surface area contributed by atoms with Gasteiger partial charge < -0.3 is 4.90 Å². The van der Waals surface area contributed by atoms with Crippen LogP contribution in [-0.4, -0.2) is 39.7 Å². The van der Waals surface area contributed by atoms with Crippen molar-refractivity contribution in [1.82, 2.24) is 20.1 Å². The Labute approximate surface area is 115 Å². The number of fused-ring (bicyclic) bond motifs is 1. The van der Waals surface area contributed by atoms with Crippen molar-refractivity contribution in [1.29, 1.82) is 0 Å². The summed E-state index contributed by atoms with van der Waals surface area (Å²) in [5, 5.41) is 7.35. The molecule has 0 radical (unpaired) electrons. The Balaban J connectivity index is 1.35. The van der Waals surface area contributed by atoms with Crippen molar-refractivity contribution in [2.24, 2.45) is 17.8 Å². The number of aromatic amines is 1. The lowest BCUT2D eigenvalue weighted by Gasteiger charge is -2.33. The van der Waals surface area contributed by atoms with Crippen LogP contribution in [0.3, 0.4) is 0 Å². The molecule has 3 atom stereocenters. The first-order valence-corrected chi connectivity index (χ1v) is 7.89. The van der Waals surface area contributed by atoms with Crippen LogP contribution in [0.1, 0.15) is 49.7 Å². The van der Waals surface area contributed by atoms with Gasteiger partial charge in [-0.15, -0.1) is 0 Å². The van der Waals surface area contributed by atoms with Crippen molar-refractivity contribution in [2.45, 2.75) is 44.9 Å². The van der Waals surface area contributed by atoms with Crippen LogP contribution in [0.5, 0.6) is 0 Å². The molecule has 3 unspecified atom stereocenters. The predicted octanol–water partition coefficient (Wildman–Crippen LogP) is 2.34. The number of aromatic nitrogens is 3. The highest BCUT2D eigenvalue weighted by atomic mass is 15.2. The van der Waals surface area contributed by atoms with E-state index in [9.17, 15) is 0 Å². The average molecular weight is 260 g/mol. The van der Waals surface area contributed by atoms with Gasteiger partial charge in [-0.05, 0) is 63.3 Å². The van der Waals surface area contributed by atoms with Crippen molar-refractivity contribution in [3.63, 3.8) is 0 Å². The maximum atomic E-state index is 4.53. The number of rotatable bonds is 3. The molecule has 4 rings (SSSR count). The van der Waals surface area contributed by atoms with Gasteiger partial charge in [-0.25, -0.2) is 4.98 Å². The van der Waals surface area contributed by atoms with Crippen LogP contribution in [-0.2, 0) is 0 Å². The largest absolute Gasteiger partial charge is 0.302 e. The van der Waals surface area contributed by atoms with E-state index in [0.29, 0.717) is 5.92 Å². The van der Waals surface area contributed by atoms with E-state index in [1.807, 2.05) is 6.92 Å². The zero-order chi connectivity index (χ0) is 12.8. The van der Waals surface area contributed by atoms with E-state index < -0.39 is 0 Å². The standard InChI is InChI=1S/C15H24N4/c1-10-16-15(18-17-10)12-3-2-4-19(9-12)8-11-5-13-7-14(13)6-11/h11-14H,2-9H2,1H3,(H,16,17,18). The third-order valence-electron chi connectivity index (χ3n) is 5.34. The molecule has 0 aromatic carbocycles. The molecule has 0 amide bonds. The molecule has 0 bridgehead atoms. The fraction of sp³-hybridized carbons (Fsp3) is 0.867. The number of hydrogen-bond acceptors (Lipinski definition) is 3. The van der Waals surface area contributed by atoms with E-state index >= 15 is 0 Å². The summed E-state index contributed by atoms with van der Waals surface area (Å²) in [6.07, 6.45) is 7.11. The summed E-state index contributed by atoms with van der Waals surface area (Å²) < 4.78 is 0. The molecular formula is C15H24N4. The number of likely N-dealkylation sites (tertiary alicyclic amines) is 1. The number of H-pyrrole nitrogens is 1. The second-order valence-corrected chi connectivity index (χ2v) is 6.97. The normalized spacial score (nSPS) is 38.4. The molecule has 4 heteroatoms. The van der Waals surface area contributed by atoms with Gasteiger partial charge >= 0.3 is 0 Å². The molecule has 3 fully saturated rings. The Morgan fingerprint density at radius 3 is 2.84 bits per heavy atom. The van der Waals surface area contributed by atoms with E-state index in [2.05, 4.69) is 20.1 Å². The van der Waals surface area contributed by atoms with Gasteiger partial charge in [-0.3, -0.25) is 5.10 Å². The predicted molar refractivity (Wildman–Crippen MR) is 73.9 cm³/mol. The molecule has 4 nitrogen and oxygen atoms in total. The van der Waals surface area contributed by atoms with Gasteiger partial charge in [0.1, 0.15) is 5.82 Å². The number of aryl methyl sites for hydroxylation is 1. The second kappa shape index (κ2) is 4.58. The first-order valence-electron chi connectivity index (χ1n) is 7.89. The third kappa shape index (κ3) is 2.42. The Kier molecular flexibility index (Phi) is 2.87. The van der Waals surface area contributed by atoms with Crippen molar-refractivity contribution in [3.05, 3.63) is 11.6 Å². The molecule has 2 aliphatic carbocycles. The second-order valence-electron chi connectivity index (χ2n) is 6.97. The highest BCUT2D eigenvalue weighted by molar-refractivity contribution is 5.01. The molecular weight excluding hydrogens is 236 g/mol. The lowest BCUT2D eigenvalue weighted by Crippen LogP contribution is -2.37. The van der Waals surface area contributed by atoms with Gasteiger partial charge in [0.05, 0.1) is 0 Å². The van der Waals surface area contributed by atoms with Crippen molar-refractivity contribution < 1.29 is 0 Å². The maximum Gasteiger partial charge on any atom is 0.155 e. The first-order chi connectivity index (χ1) is 9.28. The van der Waals surface area contributed by atoms with Crippen LogP contribution < -0.4 is 0 Å². The van der Waals surface area contributed by atoms with E-state index in [4.69, 9.17) is 0 Å². The average Bonchev–Trinajstić information content (AvgIpc) is 2.83. The van der Waals surface area contributed by atoms with Crippen molar-refractivity contribution in [2.75, 3.05) is 19.6 Å². The van der Waals surface area contributed by atoms with Gasteiger partial charge in [-0.1, -0.05) is 0 Å². The van der Waals surface area contributed by atoms with Crippen LogP contribution in [0.2, 0.25) is 0 Å². The minimum atomic E-state index is 0.551. The summed E-state index contributed by atoms with van der Waals surface area (Å²) in [4.78, 5) is 7.20. The van der Waals surface area contributed by atoms with E-state index in [1.54, 1.807) is 0 Å². The Bertz CT molecular complexity index is 445. The molecule has 1 aromatic rings. The van der Waals surface area contributed by atoms with Crippen molar-refractivity contribution in [3.8, 4) is 0 Å². The zero-order valence-electron chi connectivity index (χ0n) is 11.8. The number of piperidine rings is 1. The first kappa shape index (κ1) is 11.9. The fourth-order valence-electron chi connectivity index (χ4n) is 4.33. The Morgan fingerprint density at radius 2 is 2.11 bits per heavy atom. The summed E-state index contributed by atoms with van der Waals surface area (Å²) in [7, 11) is 0. The number of hydrogen-bond donors (Lipinski definition) is 1. The molecule has 1 aromatic heterocycles. The Hall–Kier alpha value is -0.900. The molecule has 1 saturated heterocycles. The summed E-state index contributed by atoms with van der Waals surface area (Å²) in [6, 6.07) is 0. The minimum Gasteiger partial charge on any atom is -0.302 e. The summed E-state index contributed by atoms with van der Waals surface area (Å²) in [5.74, 6) is 5.74. The quantitative estimate of drug-likeness (QED) is 0.907. The van der Waals surface area contributed by atoms with Gasteiger partial charge in [0, 0.05) is 19.0 Å². The zero-order valence-corrected chi connectivity index (χ0v) is 11.8. The van der Waals surface area contributed by atoms with Gasteiger partial charge in [-0.2, -0.15) is 5.10 Å². The van der Waals surface area contributed by atoms with Crippen LogP contribution in [0.15, 0.2) is 0 Å². The molecule has 2 saturated carbocycles. The minimum absolute atomic E-state index is 0.551. The summed E-state index contributed by atoms with van der Waals surface area (Å²) in [5.41, 5.74) is 0. The fourth-order valence-corrected chi connectivity index (χ4v) is 4.33. The van der Waals surface area contributed by atoms with Gasteiger partial charge in [0.15, 0.2) is 5.82 Å². The Morgan fingerprint density at radius 1 is 1.26 bits per heavy atom. The van der Waals surface area contributed by atoms with Gasteiger partial charge in [0.25, 0.3) is 0 Å². The van der Waals surface area contributed by atoms with Crippen LogP contribution >= 0.6 is 0 Å². The molecule has 104 valence electrons. The topological polar surface area (TPSA) is 44.8 Å². The SMILES string of the molecule is Cc1nc(C2CCCN(CC3CC4CC4C3)C2)n[nH]1. The highest BCUT2D eigenvalue weighted by Gasteiger charge is 2.46. The third-order valence-corrected chi connectivity index (χ3v) is 5.34. The molecule has 19 heavy (non-hydrogen) atoms. The molecule has 0 spiro atoms. The van der Waals surface area contributed by atoms with Gasteiger partial charge in [0.2, 0.25) is 0 Å². The van der Waals surface area contributed by atoms with Crippen LogP contribution in [0.4, 0.5) is 0 Å². The van der Waals surface area contributed by atoms with E-state index in [-0.39, 0.29) is 0 Å².